The van der Waals surface area contributed by atoms with Crippen LogP contribution in [0.4, 0.5) is 17.1 Å². The lowest BCUT2D eigenvalue weighted by Crippen LogP contribution is -2.40. The number of aromatic nitrogens is 1. The number of benzene rings is 2. The van der Waals surface area contributed by atoms with E-state index >= 15 is 0 Å². The topological polar surface area (TPSA) is 121 Å². The number of sulfonamides is 1. The van der Waals surface area contributed by atoms with Crippen molar-refractivity contribution in [3.05, 3.63) is 54.2 Å². The number of nitrogens with zero attached hydrogens (tertiary/aromatic N) is 2. The van der Waals surface area contributed by atoms with Crippen LogP contribution in [-0.4, -0.2) is 62.1 Å². The summed E-state index contributed by atoms with van der Waals surface area (Å²) in [6.07, 6.45) is 1.32. The van der Waals surface area contributed by atoms with Crippen LogP contribution in [0.15, 0.2) is 53.6 Å². The Morgan fingerprint density at radius 1 is 1.16 bits per heavy atom. The first-order valence-corrected chi connectivity index (χ1v) is 11.1. The summed E-state index contributed by atoms with van der Waals surface area (Å²) in [6.45, 7) is 1.10. The van der Waals surface area contributed by atoms with E-state index < -0.39 is 16.0 Å². The summed E-state index contributed by atoms with van der Waals surface area (Å²) in [4.78, 5) is 16.0. The largest absolute Gasteiger partial charge is 0.478 e. The molecule has 1 aromatic heterocycles. The van der Waals surface area contributed by atoms with E-state index in [9.17, 15) is 18.3 Å². The van der Waals surface area contributed by atoms with Crippen LogP contribution in [0.1, 0.15) is 10.4 Å². The molecule has 3 aromatic rings. The van der Waals surface area contributed by atoms with Crippen LogP contribution < -0.4 is 10.6 Å². The Morgan fingerprint density at radius 3 is 2.61 bits per heavy atom. The van der Waals surface area contributed by atoms with E-state index in [-0.39, 0.29) is 34.9 Å². The number of ether oxygens (including phenoxy) is 1. The number of aromatic carboxylic acids is 1. The molecule has 2 aromatic carbocycles. The minimum absolute atomic E-state index is 0.0182. The van der Waals surface area contributed by atoms with Gasteiger partial charge in [0.1, 0.15) is 4.90 Å². The van der Waals surface area contributed by atoms with Crippen molar-refractivity contribution in [1.82, 2.24) is 9.29 Å². The molecular weight excluding hydrogens is 420 g/mol. The van der Waals surface area contributed by atoms with Crippen LogP contribution >= 0.6 is 0 Å². The van der Waals surface area contributed by atoms with Gasteiger partial charge in [0.2, 0.25) is 10.0 Å². The molecule has 162 valence electrons. The number of carboxylic acid groups (broad SMARTS) is 1. The molecule has 0 unspecified atom stereocenters. The quantitative estimate of drug-likeness (QED) is 0.533. The maximum absolute atomic E-state index is 13.5. The highest BCUT2D eigenvalue weighted by Crippen LogP contribution is 2.36. The summed E-state index contributed by atoms with van der Waals surface area (Å²) in [5, 5.41) is 16.2. The summed E-state index contributed by atoms with van der Waals surface area (Å²) >= 11 is 0. The van der Waals surface area contributed by atoms with Gasteiger partial charge >= 0.3 is 5.97 Å². The molecule has 0 amide bonds. The summed E-state index contributed by atoms with van der Waals surface area (Å²) in [7, 11) is -2.14. The van der Waals surface area contributed by atoms with E-state index in [2.05, 4.69) is 15.6 Å². The van der Waals surface area contributed by atoms with Crippen molar-refractivity contribution in [3.8, 4) is 0 Å². The number of carboxylic acids is 1. The molecule has 0 atom stereocenters. The van der Waals surface area contributed by atoms with Crippen molar-refractivity contribution >= 4 is 44.0 Å². The molecular formula is C21H22N4O5S. The number of nitrogens with one attached hydrogen (secondary N) is 2. The van der Waals surface area contributed by atoms with Gasteiger partial charge in [-0.3, -0.25) is 4.98 Å². The molecule has 1 fully saturated rings. The molecule has 0 saturated carbocycles. The number of rotatable bonds is 6. The Bertz CT molecular complexity index is 1240. The third-order valence-corrected chi connectivity index (χ3v) is 7.04. The maximum Gasteiger partial charge on any atom is 0.337 e. The summed E-state index contributed by atoms with van der Waals surface area (Å²) in [5.41, 5.74) is 1.95. The van der Waals surface area contributed by atoms with Gasteiger partial charge in [0.05, 0.1) is 35.7 Å². The van der Waals surface area contributed by atoms with E-state index in [0.717, 1.165) is 5.69 Å². The molecule has 2 heterocycles. The second-order valence-electron chi connectivity index (χ2n) is 6.97. The minimum atomic E-state index is -3.90. The SMILES string of the molecule is CNc1ccc2ncc(S(=O)(=O)N3CCOCC3)c(Nc3ccccc3C(=O)O)c2c1. The molecule has 4 rings (SSSR count). The molecule has 1 aliphatic rings. The van der Waals surface area contributed by atoms with Gasteiger partial charge in [-0.05, 0) is 30.3 Å². The lowest BCUT2D eigenvalue weighted by molar-refractivity contribution is 0.0698. The average Bonchev–Trinajstić information content (AvgIpc) is 2.79. The Balaban J connectivity index is 1.94. The molecule has 10 heteroatoms. The minimum Gasteiger partial charge on any atom is -0.478 e. The number of carbonyl (C=O) groups is 1. The van der Waals surface area contributed by atoms with E-state index in [1.165, 1.54) is 16.6 Å². The van der Waals surface area contributed by atoms with Gasteiger partial charge in [-0.2, -0.15) is 4.31 Å². The third-order valence-electron chi connectivity index (χ3n) is 5.13. The zero-order valence-electron chi connectivity index (χ0n) is 16.8. The Morgan fingerprint density at radius 2 is 1.90 bits per heavy atom. The molecule has 0 aliphatic carbocycles. The van der Waals surface area contributed by atoms with Gasteiger partial charge in [-0.1, -0.05) is 12.1 Å². The van der Waals surface area contributed by atoms with E-state index in [1.54, 1.807) is 37.4 Å². The van der Waals surface area contributed by atoms with Crippen LogP contribution in [0.2, 0.25) is 0 Å². The van der Waals surface area contributed by atoms with Gasteiger partial charge in [0.15, 0.2) is 0 Å². The molecule has 1 saturated heterocycles. The van der Waals surface area contributed by atoms with E-state index in [1.807, 2.05) is 6.07 Å². The standard InChI is InChI=1S/C21H22N4O5S/c1-22-14-6-7-17-16(12-14)20(24-18-5-3-2-4-15(18)21(26)27)19(13-23-17)31(28,29)25-8-10-30-11-9-25/h2-7,12-13,22H,8-11H2,1H3,(H,23,24)(H,26,27). The summed E-state index contributed by atoms with van der Waals surface area (Å²) in [6, 6.07) is 11.8. The highest BCUT2D eigenvalue weighted by Gasteiger charge is 2.30. The fourth-order valence-electron chi connectivity index (χ4n) is 3.49. The summed E-state index contributed by atoms with van der Waals surface area (Å²) < 4.78 is 33.6. The maximum atomic E-state index is 13.5. The second kappa shape index (κ2) is 8.50. The first-order chi connectivity index (χ1) is 14.9. The van der Waals surface area contributed by atoms with Gasteiger partial charge in [0.25, 0.3) is 0 Å². The van der Waals surface area contributed by atoms with Gasteiger partial charge < -0.3 is 20.5 Å². The number of pyridine rings is 1. The molecule has 0 spiro atoms. The zero-order chi connectivity index (χ0) is 22.0. The van der Waals surface area contributed by atoms with Crippen LogP contribution in [-0.2, 0) is 14.8 Å². The second-order valence-corrected chi connectivity index (χ2v) is 8.88. The normalized spacial score (nSPS) is 15.0. The summed E-state index contributed by atoms with van der Waals surface area (Å²) in [5.74, 6) is -1.12. The number of hydrogen-bond donors (Lipinski definition) is 3. The van der Waals surface area contributed by atoms with Gasteiger partial charge in [-0.15, -0.1) is 0 Å². The Labute approximate surface area is 179 Å². The monoisotopic (exact) mass is 442 g/mol. The van der Waals surface area contributed by atoms with Crippen molar-refractivity contribution in [2.75, 3.05) is 44.0 Å². The smallest absolute Gasteiger partial charge is 0.337 e. The van der Waals surface area contributed by atoms with Crippen molar-refractivity contribution in [3.63, 3.8) is 0 Å². The van der Waals surface area contributed by atoms with Crippen LogP contribution in [0, 0.1) is 0 Å². The molecule has 0 bridgehead atoms. The number of anilines is 3. The number of fused-ring (bicyclic) bond motifs is 1. The number of para-hydroxylation sites is 1. The van der Waals surface area contributed by atoms with Crippen LogP contribution in [0.5, 0.6) is 0 Å². The molecule has 0 radical (unpaired) electrons. The molecule has 3 N–H and O–H groups in total. The van der Waals surface area contributed by atoms with E-state index in [4.69, 9.17) is 4.74 Å². The first-order valence-electron chi connectivity index (χ1n) is 9.69. The van der Waals surface area contributed by atoms with Gasteiger partial charge in [0, 0.05) is 37.4 Å². The highest BCUT2D eigenvalue weighted by molar-refractivity contribution is 7.89. The predicted octanol–water partition coefficient (Wildman–Crippen LogP) is 2.74. The Kier molecular flexibility index (Phi) is 5.77. The average molecular weight is 442 g/mol. The Hall–Kier alpha value is -3.21. The van der Waals surface area contributed by atoms with Gasteiger partial charge in [-0.25, -0.2) is 13.2 Å². The number of morpholine rings is 1. The fourth-order valence-corrected chi connectivity index (χ4v) is 5.01. The lowest BCUT2D eigenvalue weighted by atomic mass is 10.1. The highest BCUT2D eigenvalue weighted by atomic mass is 32.2. The first kappa shape index (κ1) is 21.0. The predicted molar refractivity (Wildman–Crippen MR) is 118 cm³/mol. The van der Waals surface area contributed by atoms with Crippen molar-refractivity contribution < 1.29 is 23.1 Å². The lowest BCUT2D eigenvalue weighted by Gasteiger charge is -2.27. The number of hydrogen-bond acceptors (Lipinski definition) is 7. The van der Waals surface area contributed by atoms with Crippen LogP contribution in [0.3, 0.4) is 0 Å². The van der Waals surface area contributed by atoms with Crippen molar-refractivity contribution in [2.24, 2.45) is 0 Å². The third kappa shape index (κ3) is 4.05. The molecule has 9 nitrogen and oxygen atoms in total. The molecule has 1 aliphatic heterocycles. The molecule has 31 heavy (non-hydrogen) atoms. The van der Waals surface area contributed by atoms with Crippen molar-refractivity contribution in [2.45, 2.75) is 4.90 Å². The van der Waals surface area contributed by atoms with Crippen molar-refractivity contribution in [1.29, 1.82) is 0 Å². The van der Waals surface area contributed by atoms with E-state index in [0.29, 0.717) is 24.1 Å². The zero-order valence-corrected chi connectivity index (χ0v) is 17.6. The fraction of sp³-hybridized carbons (Fsp3) is 0.238. The van der Waals surface area contributed by atoms with Crippen LogP contribution in [0.25, 0.3) is 10.9 Å².